The first-order valence-electron chi connectivity index (χ1n) is 5.06. The molecule has 0 amide bonds. The number of rotatable bonds is 2. The molecule has 1 heterocycles. The molecule has 1 aromatic rings. The van der Waals surface area contributed by atoms with Gasteiger partial charge in [0.1, 0.15) is 0 Å². The molecule has 1 aromatic heterocycles. The molecule has 1 N–H and O–H groups in total. The van der Waals surface area contributed by atoms with E-state index in [0.29, 0.717) is 0 Å². The summed E-state index contributed by atoms with van der Waals surface area (Å²) in [7, 11) is 0. The molecule has 1 aliphatic rings. The van der Waals surface area contributed by atoms with Crippen molar-refractivity contribution >= 4 is 11.3 Å². The summed E-state index contributed by atoms with van der Waals surface area (Å²) < 4.78 is 0. The van der Waals surface area contributed by atoms with Crippen LogP contribution in [-0.4, -0.2) is 15.7 Å². The van der Waals surface area contributed by atoms with Gasteiger partial charge in [0.25, 0.3) is 0 Å². The second kappa shape index (κ2) is 3.04. The first-order valence-corrected chi connectivity index (χ1v) is 5.94. The van der Waals surface area contributed by atoms with Crippen molar-refractivity contribution in [3.63, 3.8) is 0 Å². The van der Waals surface area contributed by atoms with E-state index in [0.717, 1.165) is 30.0 Å². The summed E-state index contributed by atoms with van der Waals surface area (Å²) in [5.41, 5.74) is 0.606. The number of aryl methyl sites for hydroxylation is 1. The second-order valence-electron chi connectivity index (χ2n) is 4.97. The lowest BCUT2D eigenvalue weighted by Crippen LogP contribution is -2.55. The zero-order valence-electron chi connectivity index (χ0n) is 9.00. The highest BCUT2D eigenvalue weighted by Gasteiger charge is 2.51. The first-order chi connectivity index (χ1) is 6.43. The summed E-state index contributed by atoms with van der Waals surface area (Å²) in [5, 5.41) is 13.5. The van der Waals surface area contributed by atoms with Gasteiger partial charge in [-0.15, -0.1) is 11.3 Å². The van der Waals surface area contributed by atoms with E-state index in [-0.39, 0.29) is 5.41 Å². The molecule has 14 heavy (non-hydrogen) atoms. The van der Waals surface area contributed by atoms with Crippen molar-refractivity contribution in [3.8, 4) is 0 Å². The van der Waals surface area contributed by atoms with E-state index in [1.807, 2.05) is 12.3 Å². The lowest BCUT2D eigenvalue weighted by atomic mass is 9.58. The third-order valence-corrected chi connectivity index (χ3v) is 4.50. The summed E-state index contributed by atoms with van der Waals surface area (Å²) in [6.45, 7) is 6.27. The van der Waals surface area contributed by atoms with Crippen molar-refractivity contribution in [3.05, 3.63) is 16.1 Å². The van der Waals surface area contributed by atoms with Gasteiger partial charge in [-0.25, -0.2) is 4.98 Å². The van der Waals surface area contributed by atoms with Gasteiger partial charge in [0.15, 0.2) is 0 Å². The summed E-state index contributed by atoms with van der Waals surface area (Å²) >= 11 is 1.66. The van der Waals surface area contributed by atoms with Crippen LogP contribution in [0.1, 0.15) is 37.4 Å². The molecule has 1 atom stereocenters. The molecule has 0 aromatic carbocycles. The number of aliphatic hydroxyl groups is 1. The minimum Gasteiger partial charge on any atom is -0.389 e. The Kier molecular flexibility index (Phi) is 2.20. The molecule has 0 bridgehead atoms. The van der Waals surface area contributed by atoms with Crippen molar-refractivity contribution in [2.45, 2.75) is 45.6 Å². The Balaban J connectivity index is 2.11. The van der Waals surface area contributed by atoms with Gasteiger partial charge in [-0.1, -0.05) is 13.8 Å². The zero-order valence-corrected chi connectivity index (χ0v) is 9.82. The molecule has 1 fully saturated rings. The van der Waals surface area contributed by atoms with E-state index in [1.54, 1.807) is 11.3 Å². The lowest BCUT2D eigenvalue weighted by molar-refractivity contribution is -0.147. The van der Waals surface area contributed by atoms with Crippen molar-refractivity contribution in [2.75, 3.05) is 0 Å². The number of hydrogen-bond donors (Lipinski definition) is 1. The first kappa shape index (κ1) is 10.1. The number of hydrogen-bond acceptors (Lipinski definition) is 3. The highest BCUT2D eigenvalue weighted by atomic mass is 32.1. The van der Waals surface area contributed by atoms with Crippen LogP contribution in [0.2, 0.25) is 0 Å². The predicted octanol–water partition coefficient (Wildman–Crippen LogP) is 2.55. The SMILES string of the molecule is Cc1csc(CC2(O)CCC2(C)C)n1. The fourth-order valence-electron chi connectivity index (χ4n) is 1.98. The molecule has 0 aliphatic heterocycles. The smallest absolute Gasteiger partial charge is 0.0957 e. The average Bonchev–Trinajstić information content (AvgIpc) is 2.49. The fourth-order valence-corrected chi connectivity index (χ4v) is 2.85. The van der Waals surface area contributed by atoms with Gasteiger partial charge in [0, 0.05) is 17.5 Å². The number of thiazole rings is 1. The Bertz CT molecular complexity index is 345. The van der Waals surface area contributed by atoms with Crippen LogP contribution in [0.4, 0.5) is 0 Å². The van der Waals surface area contributed by atoms with Crippen molar-refractivity contribution in [2.24, 2.45) is 5.41 Å². The monoisotopic (exact) mass is 211 g/mol. The molecule has 1 saturated carbocycles. The summed E-state index contributed by atoms with van der Waals surface area (Å²) in [5.74, 6) is 0. The largest absolute Gasteiger partial charge is 0.389 e. The molecule has 0 radical (unpaired) electrons. The Labute approximate surface area is 89.0 Å². The van der Waals surface area contributed by atoms with E-state index >= 15 is 0 Å². The van der Waals surface area contributed by atoms with Crippen molar-refractivity contribution < 1.29 is 5.11 Å². The van der Waals surface area contributed by atoms with Gasteiger partial charge < -0.3 is 5.11 Å². The molecular weight excluding hydrogens is 194 g/mol. The second-order valence-corrected chi connectivity index (χ2v) is 5.92. The van der Waals surface area contributed by atoms with E-state index in [9.17, 15) is 5.11 Å². The van der Waals surface area contributed by atoms with E-state index in [2.05, 4.69) is 18.8 Å². The normalized spacial score (nSPS) is 30.0. The van der Waals surface area contributed by atoms with Crippen LogP contribution in [0, 0.1) is 12.3 Å². The molecule has 78 valence electrons. The average molecular weight is 211 g/mol. The van der Waals surface area contributed by atoms with Gasteiger partial charge in [-0.2, -0.15) is 0 Å². The maximum atomic E-state index is 10.4. The van der Waals surface area contributed by atoms with Crippen LogP contribution < -0.4 is 0 Å². The van der Waals surface area contributed by atoms with Crippen LogP contribution in [0.5, 0.6) is 0 Å². The van der Waals surface area contributed by atoms with Crippen LogP contribution in [0.15, 0.2) is 5.38 Å². The third kappa shape index (κ3) is 1.48. The minimum absolute atomic E-state index is 0.0621. The Morgan fingerprint density at radius 2 is 2.21 bits per heavy atom. The molecule has 1 aliphatic carbocycles. The third-order valence-electron chi connectivity index (χ3n) is 3.53. The van der Waals surface area contributed by atoms with E-state index in [4.69, 9.17) is 0 Å². The number of nitrogens with zero attached hydrogens (tertiary/aromatic N) is 1. The highest BCUT2D eigenvalue weighted by molar-refractivity contribution is 7.09. The molecule has 0 saturated heterocycles. The van der Waals surface area contributed by atoms with Gasteiger partial charge in [-0.3, -0.25) is 0 Å². The summed E-state index contributed by atoms with van der Waals surface area (Å²) in [6, 6.07) is 0. The van der Waals surface area contributed by atoms with E-state index < -0.39 is 5.60 Å². The Morgan fingerprint density at radius 1 is 1.50 bits per heavy atom. The maximum Gasteiger partial charge on any atom is 0.0957 e. The molecule has 2 nitrogen and oxygen atoms in total. The van der Waals surface area contributed by atoms with Crippen molar-refractivity contribution in [1.29, 1.82) is 0 Å². The fraction of sp³-hybridized carbons (Fsp3) is 0.727. The standard InChI is InChI=1S/C11H17NOS/c1-8-7-14-9(12-8)6-11(13)5-4-10(11,2)3/h7,13H,4-6H2,1-3H3. The maximum absolute atomic E-state index is 10.4. The highest BCUT2D eigenvalue weighted by Crippen LogP contribution is 2.51. The topological polar surface area (TPSA) is 33.1 Å². The van der Waals surface area contributed by atoms with Crippen LogP contribution in [0.3, 0.4) is 0 Å². The minimum atomic E-state index is -0.517. The molecular formula is C11H17NOS. The van der Waals surface area contributed by atoms with Crippen LogP contribution in [0.25, 0.3) is 0 Å². The van der Waals surface area contributed by atoms with Gasteiger partial charge in [-0.05, 0) is 25.2 Å². The van der Waals surface area contributed by atoms with Crippen molar-refractivity contribution in [1.82, 2.24) is 4.98 Å². The quantitative estimate of drug-likeness (QED) is 0.815. The summed E-state index contributed by atoms with van der Waals surface area (Å²) in [6.07, 6.45) is 2.75. The van der Waals surface area contributed by atoms with Crippen LogP contribution in [-0.2, 0) is 6.42 Å². The Hall–Kier alpha value is -0.410. The Morgan fingerprint density at radius 3 is 2.57 bits per heavy atom. The zero-order chi connectivity index (χ0) is 10.4. The predicted molar refractivity (Wildman–Crippen MR) is 58.5 cm³/mol. The van der Waals surface area contributed by atoms with Crippen LogP contribution >= 0.6 is 11.3 Å². The van der Waals surface area contributed by atoms with Gasteiger partial charge in [0.2, 0.25) is 0 Å². The molecule has 2 rings (SSSR count). The molecule has 3 heteroatoms. The number of aromatic nitrogens is 1. The van der Waals surface area contributed by atoms with E-state index in [1.165, 1.54) is 0 Å². The van der Waals surface area contributed by atoms with Gasteiger partial charge in [0.05, 0.1) is 10.6 Å². The molecule has 0 spiro atoms. The lowest BCUT2D eigenvalue weighted by Gasteiger charge is -2.52. The summed E-state index contributed by atoms with van der Waals surface area (Å²) in [4.78, 5) is 4.40. The van der Waals surface area contributed by atoms with Gasteiger partial charge >= 0.3 is 0 Å². The molecule has 1 unspecified atom stereocenters.